The smallest absolute Gasteiger partial charge is 0.254 e. The van der Waals surface area contributed by atoms with Gasteiger partial charge in [-0.25, -0.2) is 0 Å². The molecular formula is C16H22ClNO2. The van der Waals surface area contributed by atoms with Crippen LogP contribution in [0.3, 0.4) is 0 Å². The maximum atomic E-state index is 12.7. The number of methoxy groups -OCH3 is 1. The van der Waals surface area contributed by atoms with E-state index in [1.165, 1.54) is 6.42 Å². The molecule has 1 aliphatic heterocycles. The molecule has 0 aromatic heterocycles. The zero-order chi connectivity index (χ0) is 14.5. The van der Waals surface area contributed by atoms with E-state index in [9.17, 15) is 4.79 Å². The highest BCUT2D eigenvalue weighted by Crippen LogP contribution is 2.25. The largest absolute Gasteiger partial charge is 0.496 e. The highest BCUT2D eigenvalue weighted by molar-refractivity contribution is 6.17. The van der Waals surface area contributed by atoms with Gasteiger partial charge in [0, 0.05) is 24.0 Å². The van der Waals surface area contributed by atoms with E-state index in [4.69, 9.17) is 16.3 Å². The predicted molar refractivity (Wildman–Crippen MR) is 81.7 cm³/mol. The van der Waals surface area contributed by atoms with Crippen LogP contribution in [0.1, 0.15) is 41.6 Å². The Labute approximate surface area is 125 Å². The van der Waals surface area contributed by atoms with Crippen LogP contribution in [0.25, 0.3) is 0 Å². The van der Waals surface area contributed by atoms with E-state index in [2.05, 4.69) is 0 Å². The molecule has 1 saturated heterocycles. The number of alkyl halides is 1. The molecule has 1 unspecified atom stereocenters. The van der Waals surface area contributed by atoms with Gasteiger partial charge in [0.25, 0.3) is 5.91 Å². The molecule has 20 heavy (non-hydrogen) atoms. The topological polar surface area (TPSA) is 29.5 Å². The zero-order valence-corrected chi connectivity index (χ0v) is 12.9. The number of carbonyl (C=O) groups is 1. The van der Waals surface area contributed by atoms with Crippen molar-refractivity contribution >= 4 is 17.5 Å². The van der Waals surface area contributed by atoms with Gasteiger partial charge in [0.1, 0.15) is 5.75 Å². The Morgan fingerprint density at radius 3 is 2.95 bits per heavy atom. The van der Waals surface area contributed by atoms with Crippen LogP contribution in [0.5, 0.6) is 5.75 Å². The molecule has 1 aromatic rings. The standard InChI is InChI=1S/C16H22ClNO2/c1-12-6-7-13(11-15(12)20-2)16(19)18-10-4-3-5-14(18)8-9-17/h6-7,11,14H,3-5,8-10H2,1-2H3. The minimum atomic E-state index is 0.0955. The highest BCUT2D eigenvalue weighted by Gasteiger charge is 2.27. The van der Waals surface area contributed by atoms with Crippen LogP contribution in [-0.2, 0) is 0 Å². The van der Waals surface area contributed by atoms with Crippen LogP contribution >= 0.6 is 11.6 Å². The summed E-state index contributed by atoms with van der Waals surface area (Å²) in [5.41, 5.74) is 1.74. The van der Waals surface area contributed by atoms with Crippen LogP contribution < -0.4 is 4.74 Å². The maximum Gasteiger partial charge on any atom is 0.254 e. The summed E-state index contributed by atoms with van der Waals surface area (Å²) in [6.07, 6.45) is 4.19. The number of rotatable bonds is 4. The molecule has 0 saturated carbocycles. The van der Waals surface area contributed by atoms with E-state index < -0.39 is 0 Å². The van der Waals surface area contributed by atoms with E-state index in [0.29, 0.717) is 11.4 Å². The lowest BCUT2D eigenvalue weighted by Gasteiger charge is -2.35. The molecule has 1 aliphatic rings. The van der Waals surface area contributed by atoms with Gasteiger partial charge in [0.15, 0.2) is 0 Å². The quantitative estimate of drug-likeness (QED) is 0.794. The van der Waals surface area contributed by atoms with Crippen LogP contribution in [0, 0.1) is 6.92 Å². The first-order valence-corrected chi connectivity index (χ1v) is 7.72. The summed E-state index contributed by atoms with van der Waals surface area (Å²) in [6, 6.07) is 5.93. The Balaban J connectivity index is 2.20. The number of aryl methyl sites for hydroxylation is 1. The fourth-order valence-electron chi connectivity index (χ4n) is 2.81. The van der Waals surface area contributed by atoms with Gasteiger partial charge < -0.3 is 9.64 Å². The second kappa shape index (κ2) is 6.98. The van der Waals surface area contributed by atoms with Crippen molar-refractivity contribution in [1.29, 1.82) is 0 Å². The summed E-state index contributed by atoms with van der Waals surface area (Å²) < 4.78 is 5.31. The van der Waals surface area contributed by atoms with E-state index in [1.807, 2.05) is 30.0 Å². The van der Waals surface area contributed by atoms with Crippen molar-refractivity contribution in [2.24, 2.45) is 0 Å². The summed E-state index contributed by atoms with van der Waals surface area (Å²) in [4.78, 5) is 14.7. The molecule has 0 N–H and O–H groups in total. The Hall–Kier alpha value is -1.22. The second-order valence-corrected chi connectivity index (χ2v) is 5.69. The summed E-state index contributed by atoms with van der Waals surface area (Å²) in [5.74, 6) is 1.46. The zero-order valence-electron chi connectivity index (χ0n) is 12.2. The average molecular weight is 296 g/mol. The van der Waals surface area contributed by atoms with Gasteiger partial charge in [-0.15, -0.1) is 11.6 Å². The molecule has 1 atom stereocenters. The van der Waals surface area contributed by atoms with Crippen LogP contribution in [0.4, 0.5) is 0 Å². The number of carbonyl (C=O) groups excluding carboxylic acids is 1. The van der Waals surface area contributed by atoms with Crippen molar-refractivity contribution in [3.8, 4) is 5.75 Å². The van der Waals surface area contributed by atoms with Gasteiger partial charge in [0.2, 0.25) is 0 Å². The lowest BCUT2D eigenvalue weighted by Crippen LogP contribution is -2.44. The first-order chi connectivity index (χ1) is 9.67. The molecular weight excluding hydrogens is 274 g/mol. The van der Waals surface area contributed by atoms with Crippen molar-refractivity contribution < 1.29 is 9.53 Å². The summed E-state index contributed by atoms with van der Waals surface area (Å²) in [7, 11) is 1.63. The monoisotopic (exact) mass is 295 g/mol. The van der Waals surface area contributed by atoms with E-state index >= 15 is 0 Å². The maximum absolute atomic E-state index is 12.7. The second-order valence-electron chi connectivity index (χ2n) is 5.31. The SMILES string of the molecule is COc1cc(C(=O)N2CCCCC2CCCl)ccc1C. The van der Waals surface area contributed by atoms with Gasteiger partial charge in [-0.3, -0.25) is 4.79 Å². The normalized spacial score (nSPS) is 18.9. The molecule has 0 aliphatic carbocycles. The molecule has 0 bridgehead atoms. The molecule has 1 fully saturated rings. The third-order valence-corrected chi connectivity index (χ3v) is 4.20. The number of hydrogen-bond donors (Lipinski definition) is 0. The summed E-state index contributed by atoms with van der Waals surface area (Å²) in [6.45, 7) is 2.81. The highest BCUT2D eigenvalue weighted by atomic mass is 35.5. The number of amides is 1. The van der Waals surface area contributed by atoms with Crippen molar-refractivity contribution in [3.63, 3.8) is 0 Å². The molecule has 1 heterocycles. The van der Waals surface area contributed by atoms with Crippen molar-refractivity contribution in [1.82, 2.24) is 4.90 Å². The first kappa shape index (κ1) is 15.2. The van der Waals surface area contributed by atoms with E-state index in [1.54, 1.807) is 7.11 Å². The lowest BCUT2D eigenvalue weighted by atomic mass is 9.98. The van der Waals surface area contributed by atoms with Crippen molar-refractivity contribution in [2.45, 2.75) is 38.6 Å². The average Bonchev–Trinajstić information content (AvgIpc) is 2.48. The lowest BCUT2D eigenvalue weighted by molar-refractivity contribution is 0.0609. The minimum Gasteiger partial charge on any atom is -0.496 e. The Kier molecular flexibility index (Phi) is 5.30. The Morgan fingerprint density at radius 1 is 1.45 bits per heavy atom. The van der Waals surface area contributed by atoms with Crippen molar-refractivity contribution in [2.75, 3.05) is 19.5 Å². The molecule has 1 amide bonds. The molecule has 1 aromatic carbocycles. The van der Waals surface area contributed by atoms with E-state index in [0.717, 1.165) is 37.1 Å². The summed E-state index contributed by atoms with van der Waals surface area (Å²) >= 11 is 5.86. The van der Waals surface area contributed by atoms with Gasteiger partial charge in [-0.2, -0.15) is 0 Å². The molecule has 4 heteroatoms. The number of benzene rings is 1. The summed E-state index contributed by atoms with van der Waals surface area (Å²) in [5, 5.41) is 0. The van der Waals surface area contributed by atoms with Gasteiger partial charge in [0.05, 0.1) is 7.11 Å². The number of likely N-dealkylation sites (tertiary alicyclic amines) is 1. The van der Waals surface area contributed by atoms with Gasteiger partial charge in [-0.1, -0.05) is 6.07 Å². The molecule has 0 radical (unpaired) electrons. The minimum absolute atomic E-state index is 0.0955. The number of hydrogen-bond acceptors (Lipinski definition) is 2. The molecule has 110 valence electrons. The van der Waals surface area contributed by atoms with Gasteiger partial charge >= 0.3 is 0 Å². The molecule has 2 rings (SSSR count). The Morgan fingerprint density at radius 2 is 2.25 bits per heavy atom. The van der Waals surface area contributed by atoms with Crippen LogP contribution in [-0.4, -0.2) is 36.4 Å². The van der Waals surface area contributed by atoms with Crippen LogP contribution in [0.15, 0.2) is 18.2 Å². The van der Waals surface area contributed by atoms with E-state index in [-0.39, 0.29) is 11.9 Å². The molecule has 3 nitrogen and oxygen atoms in total. The third kappa shape index (κ3) is 3.26. The fourth-order valence-corrected chi connectivity index (χ4v) is 3.06. The predicted octanol–water partition coefficient (Wildman–Crippen LogP) is 3.63. The Bertz CT molecular complexity index is 474. The van der Waals surface area contributed by atoms with Crippen LogP contribution in [0.2, 0.25) is 0 Å². The third-order valence-electron chi connectivity index (χ3n) is 3.99. The van der Waals surface area contributed by atoms with Gasteiger partial charge in [-0.05, 0) is 50.3 Å². The fraction of sp³-hybridized carbons (Fsp3) is 0.562. The number of nitrogens with zero attached hydrogens (tertiary/aromatic N) is 1. The van der Waals surface area contributed by atoms with Crippen molar-refractivity contribution in [3.05, 3.63) is 29.3 Å². The first-order valence-electron chi connectivity index (χ1n) is 7.19. The number of halogens is 1. The number of piperidine rings is 1. The molecule has 0 spiro atoms. The number of ether oxygens (including phenoxy) is 1.